The third-order valence-corrected chi connectivity index (χ3v) is 7.72. The van der Waals surface area contributed by atoms with E-state index in [1.807, 2.05) is 0 Å². The number of hydrogen-bond acceptors (Lipinski definition) is 6. The molecule has 11 heteroatoms. The number of rotatable bonds is 5. The molecule has 166 valence electrons. The number of benzene rings is 1. The molecule has 0 bridgehead atoms. The summed E-state index contributed by atoms with van der Waals surface area (Å²) >= 11 is 6.17. The fourth-order valence-corrected chi connectivity index (χ4v) is 5.66. The van der Waals surface area contributed by atoms with Crippen molar-refractivity contribution in [2.75, 3.05) is 38.2 Å². The second-order valence-electron chi connectivity index (χ2n) is 7.28. The van der Waals surface area contributed by atoms with Gasteiger partial charge in [-0.2, -0.15) is 4.31 Å². The zero-order chi connectivity index (χ0) is 22.0. The minimum absolute atomic E-state index is 0.0694. The quantitative estimate of drug-likeness (QED) is 0.722. The number of carbonyl (C=O) groups excluding carboxylic acids is 2. The Morgan fingerprint density at radius 1 is 1.13 bits per heavy atom. The van der Waals surface area contributed by atoms with E-state index in [2.05, 4.69) is 5.32 Å². The Hall–Kier alpha value is -2.40. The SMILES string of the molecule is O=C(Nc1ccc(Cl)c(S(=O)(=O)N2CCOCC2)c1)[C@@H]1CCCN1C(=O)c1ccco1. The molecule has 2 aromatic rings. The van der Waals surface area contributed by atoms with Gasteiger partial charge in [-0.15, -0.1) is 0 Å². The summed E-state index contributed by atoms with van der Waals surface area (Å²) in [7, 11) is -3.83. The molecule has 9 nitrogen and oxygen atoms in total. The molecule has 1 aromatic carbocycles. The summed E-state index contributed by atoms with van der Waals surface area (Å²) < 4.78 is 37.7. The molecule has 0 saturated carbocycles. The Morgan fingerprint density at radius 3 is 2.61 bits per heavy atom. The number of likely N-dealkylation sites (tertiary alicyclic amines) is 1. The van der Waals surface area contributed by atoms with E-state index in [0.717, 1.165) is 0 Å². The highest BCUT2D eigenvalue weighted by atomic mass is 35.5. The largest absolute Gasteiger partial charge is 0.459 e. The molecule has 31 heavy (non-hydrogen) atoms. The Bertz CT molecular complexity index is 1070. The molecule has 2 fully saturated rings. The minimum Gasteiger partial charge on any atom is -0.459 e. The molecule has 2 saturated heterocycles. The van der Waals surface area contributed by atoms with E-state index in [1.165, 1.54) is 33.7 Å². The van der Waals surface area contributed by atoms with Crippen LogP contribution in [0.1, 0.15) is 23.4 Å². The first-order valence-electron chi connectivity index (χ1n) is 9.91. The van der Waals surface area contributed by atoms with Crippen LogP contribution in [0.3, 0.4) is 0 Å². The summed E-state index contributed by atoms with van der Waals surface area (Å²) in [5.41, 5.74) is 0.290. The average Bonchev–Trinajstić information content (AvgIpc) is 3.47. The number of hydrogen-bond donors (Lipinski definition) is 1. The van der Waals surface area contributed by atoms with E-state index in [-0.39, 0.29) is 34.7 Å². The van der Waals surface area contributed by atoms with Crippen LogP contribution in [-0.4, -0.2) is 68.3 Å². The lowest BCUT2D eigenvalue weighted by molar-refractivity contribution is -0.119. The first kappa shape index (κ1) is 21.8. The van der Waals surface area contributed by atoms with Gasteiger partial charge in [0.2, 0.25) is 15.9 Å². The number of amides is 2. The predicted molar refractivity (Wildman–Crippen MR) is 112 cm³/mol. The molecule has 0 radical (unpaired) electrons. The van der Waals surface area contributed by atoms with Gasteiger partial charge >= 0.3 is 0 Å². The van der Waals surface area contributed by atoms with E-state index in [1.54, 1.807) is 12.1 Å². The summed E-state index contributed by atoms with van der Waals surface area (Å²) in [4.78, 5) is 26.9. The van der Waals surface area contributed by atoms with Gasteiger partial charge in [0.15, 0.2) is 5.76 Å². The van der Waals surface area contributed by atoms with Crippen molar-refractivity contribution in [2.24, 2.45) is 0 Å². The first-order chi connectivity index (χ1) is 14.9. The lowest BCUT2D eigenvalue weighted by Crippen LogP contribution is -2.43. The molecule has 2 amide bonds. The Kier molecular flexibility index (Phi) is 6.33. The normalized spacial score (nSPS) is 20.0. The Morgan fingerprint density at radius 2 is 1.90 bits per heavy atom. The summed E-state index contributed by atoms with van der Waals surface area (Å²) in [6.45, 7) is 1.54. The second kappa shape index (κ2) is 8.99. The highest BCUT2D eigenvalue weighted by Gasteiger charge is 2.36. The topological polar surface area (TPSA) is 109 Å². The van der Waals surface area contributed by atoms with Crippen LogP contribution >= 0.6 is 11.6 Å². The Balaban J connectivity index is 1.52. The molecule has 0 aliphatic carbocycles. The van der Waals surface area contributed by atoms with Gasteiger partial charge in [-0.3, -0.25) is 9.59 Å². The van der Waals surface area contributed by atoms with Gasteiger partial charge in [0, 0.05) is 25.3 Å². The highest BCUT2D eigenvalue weighted by Crippen LogP contribution is 2.29. The number of halogens is 1. The maximum absolute atomic E-state index is 13.0. The number of nitrogens with one attached hydrogen (secondary N) is 1. The summed E-state index contributed by atoms with van der Waals surface area (Å²) in [5, 5.41) is 2.80. The molecule has 1 aromatic heterocycles. The number of furan rings is 1. The van der Waals surface area contributed by atoms with Crippen LogP contribution in [0.4, 0.5) is 5.69 Å². The standard InChI is InChI=1S/C20H22ClN3O6S/c21-15-6-5-14(13-18(15)31(27,28)23-8-11-29-12-9-23)22-19(25)16-3-1-7-24(16)20(26)17-4-2-10-30-17/h2,4-6,10,13,16H,1,3,7-9,11-12H2,(H,22,25)/t16-/m0/s1. The van der Waals surface area contributed by atoms with Crippen LogP contribution in [0.25, 0.3) is 0 Å². The molecular formula is C20H22ClN3O6S. The molecule has 3 heterocycles. The van der Waals surface area contributed by atoms with Gasteiger partial charge in [-0.25, -0.2) is 8.42 Å². The smallest absolute Gasteiger partial charge is 0.290 e. The fraction of sp³-hybridized carbons (Fsp3) is 0.400. The van der Waals surface area contributed by atoms with Crippen molar-refractivity contribution in [1.29, 1.82) is 0 Å². The number of ether oxygens (including phenoxy) is 1. The van der Waals surface area contributed by atoms with E-state index in [9.17, 15) is 18.0 Å². The van der Waals surface area contributed by atoms with E-state index < -0.39 is 22.0 Å². The zero-order valence-corrected chi connectivity index (χ0v) is 18.2. The molecule has 1 atom stereocenters. The van der Waals surface area contributed by atoms with Crippen molar-refractivity contribution in [1.82, 2.24) is 9.21 Å². The number of anilines is 1. The molecular weight excluding hydrogens is 446 g/mol. The number of carbonyl (C=O) groups is 2. The monoisotopic (exact) mass is 467 g/mol. The molecule has 1 N–H and O–H groups in total. The van der Waals surface area contributed by atoms with Crippen LogP contribution in [-0.2, 0) is 19.6 Å². The van der Waals surface area contributed by atoms with Crippen LogP contribution in [0.2, 0.25) is 5.02 Å². The average molecular weight is 468 g/mol. The second-order valence-corrected chi connectivity index (χ2v) is 9.60. The lowest BCUT2D eigenvalue weighted by Gasteiger charge is -2.26. The Labute approximate surface area is 184 Å². The number of sulfonamides is 1. The van der Waals surface area contributed by atoms with Crippen LogP contribution in [0, 0.1) is 0 Å². The van der Waals surface area contributed by atoms with Gasteiger partial charge in [-0.05, 0) is 43.2 Å². The number of nitrogens with zero attached hydrogens (tertiary/aromatic N) is 2. The minimum atomic E-state index is -3.83. The van der Waals surface area contributed by atoms with Gasteiger partial charge in [-0.1, -0.05) is 11.6 Å². The molecule has 2 aliphatic heterocycles. The van der Waals surface area contributed by atoms with Crippen LogP contribution in [0.15, 0.2) is 45.9 Å². The fourth-order valence-electron chi connectivity index (χ4n) is 3.75. The molecule has 0 spiro atoms. The van der Waals surface area contributed by atoms with Crippen LogP contribution < -0.4 is 5.32 Å². The third kappa shape index (κ3) is 4.47. The molecule has 2 aliphatic rings. The van der Waals surface area contributed by atoms with Crippen molar-refractivity contribution in [3.8, 4) is 0 Å². The van der Waals surface area contributed by atoms with Gasteiger partial charge < -0.3 is 19.4 Å². The zero-order valence-electron chi connectivity index (χ0n) is 16.6. The summed E-state index contributed by atoms with van der Waals surface area (Å²) in [6, 6.07) is 6.81. The number of morpholine rings is 1. The first-order valence-corrected chi connectivity index (χ1v) is 11.7. The third-order valence-electron chi connectivity index (χ3n) is 5.33. The predicted octanol–water partition coefficient (Wildman–Crippen LogP) is 2.20. The maximum Gasteiger partial charge on any atom is 0.290 e. The molecule has 4 rings (SSSR count). The van der Waals surface area contributed by atoms with Crippen molar-refractivity contribution in [2.45, 2.75) is 23.8 Å². The van der Waals surface area contributed by atoms with Crippen molar-refractivity contribution >= 4 is 39.1 Å². The van der Waals surface area contributed by atoms with E-state index in [4.69, 9.17) is 20.8 Å². The highest BCUT2D eigenvalue weighted by molar-refractivity contribution is 7.89. The summed E-state index contributed by atoms with van der Waals surface area (Å²) in [5.74, 6) is -0.575. The maximum atomic E-state index is 13.0. The lowest BCUT2D eigenvalue weighted by atomic mass is 10.2. The van der Waals surface area contributed by atoms with E-state index in [0.29, 0.717) is 38.3 Å². The molecule has 0 unspecified atom stereocenters. The van der Waals surface area contributed by atoms with Crippen molar-refractivity contribution < 1.29 is 27.2 Å². The summed E-state index contributed by atoms with van der Waals surface area (Å²) in [6.07, 6.45) is 2.59. The van der Waals surface area contributed by atoms with Crippen molar-refractivity contribution in [3.05, 3.63) is 47.4 Å². The van der Waals surface area contributed by atoms with Crippen molar-refractivity contribution in [3.63, 3.8) is 0 Å². The van der Waals surface area contributed by atoms with Gasteiger partial charge in [0.05, 0.1) is 24.5 Å². The van der Waals surface area contributed by atoms with Gasteiger partial charge in [0.1, 0.15) is 10.9 Å². The van der Waals surface area contributed by atoms with E-state index >= 15 is 0 Å². The van der Waals surface area contributed by atoms with Crippen LogP contribution in [0.5, 0.6) is 0 Å². The van der Waals surface area contributed by atoms with Gasteiger partial charge in [0.25, 0.3) is 5.91 Å².